The Balaban J connectivity index is 1.40. The summed E-state index contributed by atoms with van der Waals surface area (Å²) in [6, 6.07) is 8.74. The number of amides is 1. The van der Waals surface area contributed by atoms with Gasteiger partial charge in [-0.3, -0.25) is 9.69 Å². The van der Waals surface area contributed by atoms with Gasteiger partial charge in [-0.05, 0) is 63.7 Å². The molecule has 0 aromatic heterocycles. The molecule has 130 valence electrons. The third kappa shape index (κ3) is 3.59. The molecule has 2 saturated heterocycles. The minimum absolute atomic E-state index is 0.0102. The number of nitrogens with zero attached hydrogens (tertiary/aromatic N) is 1. The number of piperidine rings is 2. The largest absolute Gasteiger partial charge is 0.492 e. The standard InChI is InChI=1S/C20H28N2O2/c23-20(21-16-10-11-16)17-7-1-2-9-19(17)24-14-15-6-5-13-22-12-4-3-8-18(15)22/h1-2,7,9,15-16,18H,3-6,8,10-14H2,(H,21,23)/t15-,18+/m0/s1. The van der Waals surface area contributed by atoms with Crippen molar-refractivity contribution in [3.05, 3.63) is 29.8 Å². The van der Waals surface area contributed by atoms with Gasteiger partial charge in [0.1, 0.15) is 5.75 Å². The summed E-state index contributed by atoms with van der Waals surface area (Å²) in [6.45, 7) is 3.23. The van der Waals surface area contributed by atoms with Crippen LogP contribution in [-0.4, -0.2) is 42.6 Å². The number of ether oxygens (including phenoxy) is 1. The van der Waals surface area contributed by atoms with Crippen LogP contribution in [0.3, 0.4) is 0 Å². The fourth-order valence-electron chi connectivity index (χ4n) is 4.24. The van der Waals surface area contributed by atoms with E-state index in [9.17, 15) is 4.79 Å². The molecule has 0 spiro atoms. The van der Waals surface area contributed by atoms with Gasteiger partial charge in [-0.25, -0.2) is 0 Å². The molecule has 1 amide bonds. The Morgan fingerprint density at radius 3 is 2.79 bits per heavy atom. The minimum atomic E-state index is 0.0102. The first kappa shape index (κ1) is 15.9. The third-order valence-electron chi connectivity index (χ3n) is 5.73. The van der Waals surface area contributed by atoms with Gasteiger partial charge in [0.15, 0.2) is 0 Å². The van der Waals surface area contributed by atoms with E-state index in [1.54, 1.807) is 0 Å². The van der Waals surface area contributed by atoms with Gasteiger partial charge in [0.05, 0.1) is 12.2 Å². The first-order valence-electron chi connectivity index (χ1n) is 9.58. The molecule has 2 aliphatic heterocycles. The molecule has 1 aliphatic carbocycles. The molecular weight excluding hydrogens is 300 g/mol. The SMILES string of the molecule is O=C(NC1CC1)c1ccccc1OC[C@@H]1CCCN2CCCC[C@H]12. The van der Waals surface area contributed by atoms with Crippen LogP contribution >= 0.6 is 0 Å². The first-order chi connectivity index (χ1) is 11.8. The number of carbonyl (C=O) groups excluding carboxylic acids is 1. The number of hydrogen-bond donors (Lipinski definition) is 1. The fraction of sp³-hybridized carbons (Fsp3) is 0.650. The Bertz CT molecular complexity index is 583. The summed E-state index contributed by atoms with van der Waals surface area (Å²) in [7, 11) is 0. The maximum Gasteiger partial charge on any atom is 0.255 e. The van der Waals surface area contributed by atoms with Crippen LogP contribution in [0, 0.1) is 5.92 Å². The lowest BCUT2D eigenvalue weighted by molar-refractivity contribution is 0.0364. The summed E-state index contributed by atoms with van der Waals surface area (Å²) in [4.78, 5) is 15.1. The lowest BCUT2D eigenvalue weighted by atomic mass is 9.84. The molecule has 4 rings (SSSR count). The van der Waals surface area contributed by atoms with Gasteiger partial charge < -0.3 is 10.1 Å². The van der Waals surface area contributed by atoms with E-state index in [0.29, 0.717) is 23.6 Å². The van der Waals surface area contributed by atoms with E-state index >= 15 is 0 Å². The number of hydrogen-bond acceptors (Lipinski definition) is 3. The van der Waals surface area contributed by atoms with Crippen LogP contribution in [0.5, 0.6) is 5.75 Å². The number of nitrogens with one attached hydrogen (secondary N) is 1. The van der Waals surface area contributed by atoms with Crippen molar-refractivity contribution in [3.63, 3.8) is 0 Å². The molecule has 0 unspecified atom stereocenters. The first-order valence-corrected chi connectivity index (χ1v) is 9.58. The normalized spacial score (nSPS) is 27.3. The molecule has 2 atom stereocenters. The van der Waals surface area contributed by atoms with E-state index < -0.39 is 0 Å². The van der Waals surface area contributed by atoms with E-state index in [4.69, 9.17) is 4.74 Å². The lowest BCUT2D eigenvalue weighted by Gasteiger charge is -2.44. The van der Waals surface area contributed by atoms with E-state index in [2.05, 4.69) is 10.2 Å². The highest BCUT2D eigenvalue weighted by Crippen LogP contribution is 2.32. The second-order valence-electron chi connectivity index (χ2n) is 7.56. The molecule has 4 nitrogen and oxygen atoms in total. The average Bonchev–Trinajstić information content (AvgIpc) is 3.44. The minimum Gasteiger partial charge on any atom is -0.492 e. The van der Waals surface area contributed by atoms with Gasteiger partial charge in [0.25, 0.3) is 5.91 Å². The lowest BCUT2D eigenvalue weighted by Crippen LogP contribution is -2.49. The number of para-hydroxylation sites is 1. The monoisotopic (exact) mass is 328 g/mol. The highest BCUT2D eigenvalue weighted by atomic mass is 16.5. The molecule has 0 radical (unpaired) electrons. The zero-order valence-electron chi connectivity index (χ0n) is 14.4. The predicted molar refractivity (Wildman–Crippen MR) is 94.4 cm³/mol. The Morgan fingerprint density at radius 2 is 1.92 bits per heavy atom. The summed E-state index contributed by atoms with van der Waals surface area (Å²) >= 11 is 0. The highest BCUT2D eigenvalue weighted by Gasteiger charge is 2.33. The molecular formula is C20H28N2O2. The Hall–Kier alpha value is -1.55. The van der Waals surface area contributed by atoms with Crippen molar-refractivity contribution in [1.82, 2.24) is 10.2 Å². The van der Waals surface area contributed by atoms with Crippen LogP contribution in [0.1, 0.15) is 55.3 Å². The van der Waals surface area contributed by atoms with Crippen molar-refractivity contribution < 1.29 is 9.53 Å². The molecule has 2 heterocycles. The maximum atomic E-state index is 12.4. The van der Waals surface area contributed by atoms with Crippen LogP contribution in [0.15, 0.2) is 24.3 Å². The van der Waals surface area contributed by atoms with Crippen molar-refractivity contribution in [2.75, 3.05) is 19.7 Å². The topological polar surface area (TPSA) is 41.6 Å². The van der Waals surface area contributed by atoms with Crippen LogP contribution in [0.25, 0.3) is 0 Å². The number of carbonyl (C=O) groups is 1. The van der Waals surface area contributed by atoms with Crippen molar-refractivity contribution in [2.24, 2.45) is 5.92 Å². The smallest absolute Gasteiger partial charge is 0.255 e. The Labute approximate surface area is 144 Å². The summed E-state index contributed by atoms with van der Waals surface area (Å²) in [5, 5.41) is 3.07. The van der Waals surface area contributed by atoms with Crippen LogP contribution in [0.2, 0.25) is 0 Å². The van der Waals surface area contributed by atoms with Crippen molar-refractivity contribution in [2.45, 2.75) is 57.0 Å². The van der Waals surface area contributed by atoms with Gasteiger partial charge >= 0.3 is 0 Å². The van der Waals surface area contributed by atoms with Crippen molar-refractivity contribution in [1.29, 1.82) is 0 Å². The van der Waals surface area contributed by atoms with Crippen LogP contribution in [-0.2, 0) is 0 Å². The molecule has 3 fully saturated rings. The van der Waals surface area contributed by atoms with Gasteiger partial charge in [-0.2, -0.15) is 0 Å². The highest BCUT2D eigenvalue weighted by molar-refractivity contribution is 5.97. The summed E-state index contributed by atoms with van der Waals surface area (Å²) < 4.78 is 6.16. The molecule has 24 heavy (non-hydrogen) atoms. The van der Waals surface area contributed by atoms with Gasteiger partial charge in [-0.15, -0.1) is 0 Å². The molecule has 4 heteroatoms. The molecule has 1 N–H and O–H groups in total. The van der Waals surface area contributed by atoms with Gasteiger partial charge in [0, 0.05) is 18.0 Å². The van der Waals surface area contributed by atoms with Crippen LogP contribution in [0.4, 0.5) is 0 Å². The third-order valence-corrected chi connectivity index (χ3v) is 5.73. The number of benzene rings is 1. The Morgan fingerprint density at radius 1 is 1.08 bits per heavy atom. The second kappa shape index (κ2) is 7.14. The zero-order valence-corrected chi connectivity index (χ0v) is 14.4. The fourth-order valence-corrected chi connectivity index (χ4v) is 4.24. The molecule has 0 bridgehead atoms. The van der Waals surface area contributed by atoms with Crippen molar-refractivity contribution >= 4 is 5.91 Å². The second-order valence-corrected chi connectivity index (χ2v) is 7.56. The van der Waals surface area contributed by atoms with Crippen molar-refractivity contribution in [3.8, 4) is 5.75 Å². The zero-order chi connectivity index (χ0) is 16.4. The predicted octanol–water partition coefficient (Wildman–Crippen LogP) is 3.22. The van der Waals surface area contributed by atoms with E-state index in [1.165, 1.54) is 45.2 Å². The maximum absolute atomic E-state index is 12.4. The van der Waals surface area contributed by atoms with E-state index in [0.717, 1.165) is 25.2 Å². The molecule has 3 aliphatic rings. The van der Waals surface area contributed by atoms with Gasteiger partial charge in [0.2, 0.25) is 0 Å². The van der Waals surface area contributed by atoms with E-state index in [1.807, 2.05) is 24.3 Å². The summed E-state index contributed by atoms with van der Waals surface area (Å²) in [5.41, 5.74) is 0.681. The van der Waals surface area contributed by atoms with Crippen LogP contribution < -0.4 is 10.1 Å². The molecule has 1 aromatic carbocycles. The Kier molecular flexibility index (Phi) is 4.74. The average molecular weight is 328 g/mol. The quantitative estimate of drug-likeness (QED) is 0.902. The molecule has 1 saturated carbocycles. The number of fused-ring (bicyclic) bond motifs is 1. The number of rotatable bonds is 5. The summed E-state index contributed by atoms with van der Waals surface area (Å²) in [6.07, 6.45) is 8.72. The van der Waals surface area contributed by atoms with E-state index in [-0.39, 0.29) is 5.91 Å². The molecule has 1 aromatic rings. The van der Waals surface area contributed by atoms with Gasteiger partial charge in [-0.1, -0.05) is 18.6 Å². The summed E-state index contributed by atoms with van der Waals surface area (Å²) in [5.74, 6) is 1.35.